The summed E-state index contributed by atoms with van der Waals surface area (Å²) in [4.78, 5) is 11.9. The second-order valence-electron chi connectivity index (χ2n) is 7.44. The predicted octanol–water partition coefficient (Wildman–Crippen LogP) is 3.91. The molecule has 1 atom stereocenters. The van der Waals surface area contributed by atoms with Gasteiger partial charge in [0.2, 0.25) is 0 Å². The minimum absolute atomic E-state index is 0.408. The first-order valence-corrected chi connectivity index (χ1v) is 10.7. The molecule has 0 amide bonds. The maximum absolute atomic E-state index is 4.75. The number of aryl methyl sites for hydroxylation is 1. The average Bonchev–Trinajstić information content (AvgIpc) is 3.30. The molecule has 1 aromatic carbocycles. The van der Waals surface area contributed by atoms with Crippen LogP contribution in [0.25, 0.3) is 0 Å². The number of hydrogen-bond acceptors (Lipinski definition) is 4. The maximum atomic E-state index is 4.75. The standard InChI is InChI=1S/C21H31N5S/c1-5-22-21(23-12-18-14-27-20(24-18)15(2)3)25-17-10-11-26(13-17)19-8-6-16(4)7-9-19/h6-9,14-15,17H,5,10-13H2,1-4H3,(H2,22,23,25). The van der Waals surface area contributed by atoms with Crippen molar-refractivity contribution in [2.24, 2.45) is 4.99 Å². The van der Waals surface area contributed by atoms with Crippen LogP contribution in [0, 0.1) is 6.92 Å². The first kappa shape index (κ1) is 19.7. The fourth-order valence-electron chi connectivity index (χ4n) is 3.20. The lowest BCUT2D eigenvalue weighted by atomic mass is 10.2. The summed E-state index contributed by atoms with van der Waals surface area (Å²) in [5, 5.41) is 10.3. The van der Waals surface area contributed by atoms with Crippen molar-refractivity contribution in [3.05, 3.63) is 45.9 Å². The topological polar surface area (TPSA) is 52.6 Å². The molecule has 0 bridgehead atoms. The van der Waals surface area contributed by atoms with Crippen LogP contribution in [0.15, 0.2) is 34.6 Å². The molecule has 1 fully saturated rings. The van der Waals surface area contributed by atoms with Crippen LogP contribution in [0.1, 0.15) is 49.4 Å². The molecular formula is C21H31N5S. The Labute approximate surface area is 166 Å². The second kappa shape index (κ2) is 9.22. The fourth-order valence-corrected chi connectivity index (χ4v) is 4.03. The van der Waals surface area contributed by atoms with Crippen LogP contribution >= 0.6 is 11.3 Å². The summed E-state index contributed by atoms with van der Waals surface area (Å²) in [6.07, 6.45) is 1.12. The van der Waals surface area contributed by atoms with Gasteiger partial charge in [-0.1, -0.05) is 31.5 Å². The first-order chi connectivity index (χ1) is 13.0. The van der Waals surface area contributed by atoms with Gasteiger partial charge in [0.15, 0.2) is 5.96 Å². The average molecular weight is 386 g/mol. The van der Waals surface area contributed by atoms with E-state index in [1.54, 1.807) is 11.3 Å². The number of anilines is 1. The number of guanidine groups is 1. The molecule has 6 heteroatoms. The molecule has 1 aliphatic heterocycles. The molecule has 0 saturated carbocycles. The largest absolute Gasteiger partial charge is 0.369 e. The molecule has 1 saturated heterocycles. The molecule has 1 unspecified atom stereocenters. The van der Waals surface area contributed by atoms with Gasteiger partial charge >= 0.3 is 0 Å². The fraction of sp³-hybridized carbons (Fsp3) is 0.524. The van der Waals surface area contributed by atoms with Crippen LogP contribution in [-0.4, -0.2) is 36.6 Å². The molecule has 0 radical (unpaired) electrons. The molecule has 27 heavy (non-hydrogen) atoms. The second-order valence-corrected chi connectivity index (χ2v) is 8.33. The summed E-state index contributed by atoms with van der Waals surface area (Å²) >= 11 is 1.73. The van der Waals surface area contributed by atoms with Gasteiger partial charge in [-0.2, -0.15) is 0 Å². The van der Waals surface area contributed by atoms with Crippen LogP contribution in [0.5, 0.6) is 0 Å². The number of aromatic nitrogens is 1. The zero-order chi connectivity index (χ0) is 19.2. The number of rotatable bonds is 6. The highest BCUT2D eigenvalue weighted by molar-refractivity contribution is 7.09. The maximum Gasteiger partial charge on any atom is 0.191 e. The van der Waals surface area contributed by atoms with Crippen molar-refractivity contribution in [2.45, 2.75) is 52.6 Å². The molecule has 5 nitrogen and oxygen atoms in total. The van der Waals surface area contributed by atoms with Gasteiger partial charge in [0.25, 0.3) is 0 Å². The third-order valence-corrected chi connectivity index (χ3v) is 5.93. The van der Waals surface area contributed by atoms with E-state index >= 15 is 0 Å². The molecule has 2 N–H and O–H groups in total. The van der Waals surface area contributed by atoms with Crippen molar-refractivity contribution in [1.29, 1.82) is 0 Å². The highest BCUT2D eigenvalue weighted by atomic mass is 32.1. The van der Waals surface area contributed by atoms with Gasteiger partial charge in [-0.3, -0.25) is 0 Å². The van der Waals surface area contributed by atoms with Crippen molar-refractivity contribution in [2.75, 3.05) is 24.5 Å². The third-order valence-electron chi connectivity index (χ3n) is 4.74. The zero-order valence-corrected chi connectivity index (χ0v) is 17.6. The Bertz CT molecular complexity index is 750. The Morgan fingerprint density at radius 3 is 2.78 bits per heavy atom. The third kappa shape index (κ3) is 5.45. The van der Waals surface area contributed by atoms with Gasteiger partial charge in [-0.15, -0.1) is 11.3 Å². The van der Waals surface area contributed by atoms with Crippen LogP contribution in [0.4, 0.5) is 5.69 Å². The smallest absolute Gasteiger partial charge is 0.191 e. The van der Waals surface area contributed by atoms with Gasteiger partial charge in [0.1, 0.15) is 0 Å². The van der Waals surface area contributed by atoms with Crippen molar-refractivity contribution in [3.63, 3.8) is 0 Å². The Balaban J connectivity index is 1.58. The van der Waals surface area contributed by atoms with E-state index in [0.29, 0.717) is 18.5 Å². The zero-order valence-electron chi connectivity index (χ0n) is 16.8. The van der Waals surface area contributed by atoms with E-state index in [-0.39, 0.29) is 0 Å². The number of aliphatic imine (C=N–C) groups is 1. The molecule has 0 aliphatic carbocycles. The quantitative estimate of drug-likeness (QED) is 0.585. The number of nitrogens with one attached hydrogen (secondary N) is 2. The summed E-state index contributed by atoms with van der Waals surface area (Å²) in [5.74, 6) is 1.36. The predicted molar refractivity (Wildman–Crippen MR) is 116 cm³/mol. The van der Waals surface area contributed by atoms with Gasteiger partial charge in [-0.25, -0.2) is 9.98 Å². The van der Waals surface area contributed by atoms with Crippen molar-refractivity contribution in [1.82, 2.24) is 15.6 Å². The highest BCUT2D eigenvalue weighted by Gasteiger charge is 2.23. The summed E-state index contributed by atoms with van der Waals surface area (Å²) in [5.41, 5.74) is 3.65. The molecule has 2 aromatic rings. The Morgan fingerprint density at radius 1 is 1.33 bits per heavy atom. The molecule has 146 valence electrons. The van der Waals surface area contributed by atoms with Crippen LogP contribution in [-0.2, 0) is 6.54 Å². The van der Waals surface area contributed by atoms with E-state index in [9.17, 15) is 0 Å². The van der Waals surface area contributed by atoms with Crippen LogP contribution in [0.2, 0.25) is 0 Å². The van der Waals surface area contributed by atoms with Gasteiger partial charge in [0, 0.05) is 42.7 Å². The normalized spacial score (nSPS) is 17.6. The monoisotopic (exact) mass is 385 g/mol. The van der Waals surface area contributed by atoms with E-state index in [4.69, 9.17) is 4.99 Å². The summed E-state index contributed by atoms with van der Waals surface area (Å²) in [7, 11) is 0. The van der Waals surface area contributed by atoms with E-state index < -0.39 is 0 Å². The molecule has 1 aromatic heterocycles. The molecular weight excluding hydrogens is 354 g/mol. The number of hydrogen-bond donors (Lipinski definition) is 2. The lowest BCUT2D eigenvalue weighted by Crippen LogP contribution is -2.44. The van der Waals surface area contributed by atoms with Crippen molar-refractivity contribution in [3.8, 4) is 0 Å². The van der Waals surface area contributed by atoms with Gasteiger partial charge in [0.05, 0.1) is 17.2 Å². The summed E-state index contributed by atoms with van der Waals surface area (Å²) in [6, 6.07) is 9.20. The molecule has 3 rings (SSSR count). The van der Waals surface area contributed by atoms with Crippen molar-refractivity contribution >= 4 is 23.0 Å². The number of thiazole rings is 1. The summed E-state index contributed by atoms with van der Waals surface area (Å²) in [6.45, 7) is 12.1. The number of nitrogens with zero attached hydrogens (tertiary/aromatic N) is 3. The Morgan fingerprint density at radius 2 is 2.11 bits per heavy atom. The van der Waals surface area contributed by atoms with Crippen LogP contribution < -0.4 is 15.5 Å². The van der Waals surface area contributed by atoms with Crippen LogP contribution in [0.3, 0.4) is 0 Å². The minimum Gasteiger partial charge on any atom is -0.369 e. The molecule has 0 spiro atoms. The molecule has 2 heterocycles. The summed E-state index contributed by atoms with van der Waals surface area (Å²) < 4.78 is 0. The number of benzene rings is 1. The minimum atomic E-state index is 0.408. The van der Waals surface area contributed by atoms with E-state index in [0.717, 1.165) is 37.7 Å². The highest BCUT2D eigenvalue weighted by Crippen LogP contribution is 2.21. The molecule has 1 aliphatic rings. The lowest BCUT2D eigenvalue weighted by Gasteiger charge is -2.20. The van der Waals surface area contributed by atoms with Crippen molar-refractivity contribution < 1.29 is 0 Å². The Kier molecular flexibility index (Phi) is 6.72. The van der Waals surface area contributed by atoms with Gasteiger partial charge < -0.3 is 15.5 Å². The SMILES string of the molecule is CCNC(=NCc1csc(C(C)C)n1)NC1CCN(c2ccc(C)cc2)C1. The van der Waals surface area contributed by atoms with E-state index in [1.807, 2.05) is 0 Å². The van der Waals surface area contributed by atoms with E-state index in [2.05, 4.69) is 77.9 Å². The lowest BCUT2D eigenvalue weighted by molar-refractivity contribution is 0.648. The van der Waals surface area contributed by atoms with E-state index in [1.165, 1.54) is 16.3 Å². The van der Waals surface area contributed by atoms with Gasteiger partial charge in [-0.05, 0) is 32.4 Å². The Hall–Kier alpha value is -2.08. The first-order valence-electron chi connectivity index (χ1n) is 9.86.